The standard InChI is InChI=1S/C22H23ClN6O3/c1-31-20-7-2-15(23)12-19(20)27-22(30)26-17-5-3-16(4-6-17)25-21-13-18(14-24-28-21)29-8-10-32-11-9-29/h2-7,12-14H,8-11H2,1H3,(H,25,28)(H2,26,27,30). The number of carbonyl (C=O) groups is 1. The number of urea groups is 1. The summed E-state index contributed by atoms with van der Waals surface area (Å²) < 4.78 is 10.6. The molecule has 166 valence electrons. The molecule has 1 fully saturated rings. The maximum atomic E-state index is 12.4. The first-order valence-corrected chi connectivity index (χ1v) is 10.4. The third-order valence-electron chi connectivity index (χ3n) is 4.84. The highest BCUT2D eigenvalue weighted by Gasteiger charge is 2.13. The van der Waals surface area contributed by atoms with Crippen molar-refractivity contribution in [3.8, 4) is 5.75 Å². The molecule has 2 heterocycles. The number of nitrogens with zero attached hydrogens (tertiary/aromatic N) is 3. The molecule has 1 saturated heterocycles. The van der Waals surface area contributed by atoms with Crippen molar-refractivity contribution in [3.05, 3.63) is 59.8 Å². The molecule has 0 atom stereocenters. The minimum Gasteiger partial charge on any atom is -0.495 e. The number of nitrogens with one attached hydrogen (secondary N) is 3. The summed E-state index contributed by atoms with van der Waals surface area (Å²) in [6.07, 6.45) is 1.75. The Morgan fingerprint density at radius 1 is 1.06 bits per heavy atom. The van der Waals surface area contributed by atoms with Gasteiger partial charge < -0.3 is 30.3 Å². The first kappa shape index (κ1) is 21.7. The minimum absolute atomic E-state index is 0.407. The molecule has 1 aliphatic rings. The average molecular weight is 455 g/mol. The molecule has 0 aliphatic carbocycles. The fraction of sp³-hybridized carbons (Fsp3) is 0.227. The van der Waals surface area contributed by atoms with E-state index < -0.39 is 6.03 Å². The smallest absolute Gasteiger partial charge is 0.323 e. The van der Waals surface area contributed by atoms with Gasteiger partial charge in [0.1, 0.15) is 5.75 Å². The van der Waals surface area contributed by atoms with Crippen LogP contribution in [-0.2, 0) is 4.74 Å². The quantitative estimate of drug-likeness (QED) is 0.508. The summed E-state index contributed by atoms with van der Waals surface area (Å²) in [5, 5.41) is 17.5. The lowest BCUT2D eigenvalue weighted by molar-refractivity contribution is 0.122. The van der Waals surface area contributed by atoms with Crippen LogP contribution in [0.2, 0.25) is 5.02 Å². The number of anilines is 5. The number of methoxy groups -OCH3 is 1. The number of halogens is 1. The second kappa shape index (κ2) is 10.2. The molecule has 1 aliphatic heterocycles. The van der Waals surface area contributed by atoms with E-state index in [4.69, 9.17) is 21.1 Å². The fourth-order valence-corrected chi connectivity index (χ4v) is 3.43. The van der Waals surface area contributed by atoms with E-state index in [1.165, 1.54) is 7.11 Å². The molecule has 0 unspecified atom stereocenters. The summed E-state index contributed by atoms with van der Waals surface area (Å²) in [7, 11) is 1.53. The van der Waals surface area contributed by atoms with Gasteiger partial charge in [-0.25, -0.2) is 4.79 Å². The molecule has 3 N–H and O–H groups in total. The van der Waals surface area contributed by atoms with Crippen molar-refractivity contribution in [2.75, 3.05) is 54.3 Å². The van der Waals surface area contributed by atoms with Crippen LogP contribution in [-0.4, -0.2) is 49.6 Å². The summed E-state index contributed by atoms with van der Waals surface area (Å²) in [6.45, 7) is 3.07. The largest absolute Gasteiger partial charge is 0.495 e. The third kappa shape index (κ3) is 5.57. The monoisotopic (exact) mass is 454 g/mol. The molecule has 1 aromatic heterocycles. The number of amides is 2. The van der Waals surface area contributed by atoms with Gasteiger partial charge in [-0.15, -0.1) is 5.10 Å². The van der Waals surface area contributed by atoms with Crippen LogP contribution in [0, 0.1) is 0 Å². The van der Waals surface area contributed by atoms with Crippen LogP contribution in [0.5, 0.6) is 5.75 Å². The molecule has 3 aromatic rings. The van der Waals surface area contributed by atoms with Gasteiger partial charge in [0, 0.05) is 35.6 Å². The number of ether oxygens (including phenoxy) is 2. The number of hydrogen-bond acceptors (Lipinski definition) is 7. The highest BCUT2D eigenvalue weighted by Crippen LogP contribution is 2.28. The third-order valence-corrected chi connectivity index (χ3v) is 5.08. The molecule has 32 heavy (non-hydrogen) atoms. The predicted molar refractivity (Wildman–Crippen MR) is 125 cm³/mol. The number of morpholine rings is 1. The summed E-state index contributed by atoms with van der Waals surface area (Å²) in [6, 6.07) is 13.8. The van der Waals surface area contributed by atoms with Gasteiger partial charge in [-0.2, -0.15) is 5.10 Å². The van der Waals surface area contributed by atoms with E-state index in [-0.39, 0.29) is 0 Å². The van der Waals surface area contributed by atoms with E-state index in [1.54, 1.807) is 36.5 Å². The van der Waals surface area contributed by atoms with Gasteiger partial charge >= 0.3 is 6.03 Å². The second-order valence-electron chi connectivity index (χ2n) is 7.02. The fourth-order valence-electron chi connectivity index (χ4n) is 3.26. The highest BCUT2D eigenvalue weighted by molar-refractivity contribution is 6.31. The van der Waals surface area contributed by atoms with Gasteiger partial charge in [-0.05, 0) is 42.5 Å². The number of aromatic nitrogens is 2. The van der Waals surface area contributed by atoms with Gasteiger partial charge in [0.2, 0.25) is 0 Å². The highest BCUT2D eigenvalue weighted by atomic mass is 35.5. The first-order chi connectivity index (χ1) is 15.6. The lowest BCUT2D eigenvalue weighted by atomic mass is 10.2. The molecule has 0 radical (unpaired) electrons. The lowest BCUT2D eigenvalue weighted by Gasteiger charge is -2.28. The average Bonchev–Trinajstić information content (AvgIpc) is 2.81. The Labute approximate surface area is 190 Å². The Morgan fingerprint density at radius 2 is 1.81 bits per heavy atom. The molecule has 0 saturated carbocycles. The van der Waals surface area contributed by atoms with Crippen LogP contribution < -0.4 is 25.6 Å². The van der Waals surface area contributed by atoms with Gasteiger partial charge in [-0.1, -0.05) is 11.6 Å². The lowest BCUT2D eigenvalue weighted by Crippen LogP contribution is -2.36. The van der Waals surface area contributed by atoms with Crippen molar-refractivity contribution in [1.29, 1.82) is 0 Å². The van der Waals surface area contributed by atoms with E-state index in [0.29, 0.717) is 41.2 Å². The van der Waals surface area contributed by atoms with Crippen molar-refractivity contribution in [2.24, 2.45) is 0 Å². The topological polar surface area (TPSA) is 101 Å². The Kier molecular flexibility index (Phi) is 6.88. The maximum Gasteiger partial charge on any atom is 0.323 e. The van der Waals surface area contributed by atoms with Crippen LogP contribution in [0.25, 0.3) is 0 Å². The second-order valence-corrected chi connectivity index (χ2v) is 7.46. The zero-order valence-electron chi connectivity index (χ0n) is 17.5. The molecule has 2 amide bonds. The number of hydrogen-bond donors (Lipinski definition) is 3. The molecular weight excluding hydrogens is 432 g/mol. The molecule has 10 heteroatoms. The zero-order valence-corrected chi connectivity index (χ0v) is 18.2. The van der Waals surface area contributed by atoms with Gasteiger partial charge in [0.15, 0.2) is 5.82 Å². The van der Waals surface area contributed by atoms with Crippen molar-refractivity contribution in [1.82, 2.24) is 10.2 Å². The Hall–Kier alpha value is -3.56. The van der Waals surface area contributed by atoms with Crippen molar-refractivity contribution >= 4 is 46.2 Å². The van der Waals surface area contributed by atoms with E-state index in [0.717, 1.165) is 24.5 Å². The van der Waals surface area contributed by atoms with E-state index in [2.05, 4.69) is 31.0 Å². The van der Waals surface area contributed by atoms with Crippen LogP contribution in [0.1, 0.15) is 0 Å². The van der Waals surface area contributed by atoms with Crippen LogP contribution in [0.4, 0.5) is 33.4 Å². The summed E-state index contributed by atoms with van der Waals surface area (Å²) >= 11 is 6.00. The Balaban J connectivity index is 1.36. The molecule has 4 rings (SSSR count). The minimum atomic E-state index is -0.407. The number of carbonyl (C=O) groups excluding carboxylic acids is 1. The van der Waals surface area contributed by atoms with Crippen molar-refractivity contribution in [2.45, 2.75) is 0 Å². The molecule has 9 nitrogen and oxygen atoms in total. The van der Waals surface area contributed by atoms with E-state index in [1.807, 2.05) is 18.2 Å². The first-order valence-electron chi connectivity index (χ1n) is 10.0. The van der Waals surface area contributed by atoms with Crippen molar-refractivity contribution in [3.63, 3.8) is 0 Å². The van der Waals surface area contributed by atoms with E-state index in [9.17, 15) is 4.79 Å². The summed E-state index contributed by atoms with van der Waals surface area (Å²) in [5.74, 6) is 1.16. The Morgan fingerprint density at radius 3 is 2.56 bits per heavy atom. The summed E-state index contributed by atoms with van der Waals surface area (Å²) in [5.41, 5.74) is 2.93. The van der Waals surface area contributed by atoms with Crippen LogP contribution in [0.3, 0.4) is 0 Å². The zero-order chi connectivity index (χ0) is 22.3. The molecule has 2 aromatic carbocycles. The van der Waals surface area contributed by atoms with Crippen molar-refractivity contribution < 1.29 is 14.3 Å². The van der Waals surface area contributed by atoms with Gasteiger partial charge in [-0.3, -0.25) is 0 Å². The number of benzene rings is 2. The Bertz CT molecular complexity index is 1070. The van der Waals surface area contributed by atoms with E-state index >= 15 is 0 Å². The van der Waals surface area contributed by atoms with Crippen LogP contribution >= 0.6 is 11.6 Å². The SMILES string of the molecule is COc1ccc(Cl)cc1NC(=O)Nc1ccc(Nc2cc(N3CCOCC3)cnn2)cc1. The normalized spacial score (nSPS) is 13.4. The summed E-state index contributed by atoms with van der Waals surface area (Å²) in [4.78, 5) is 14.6. The molecular formula is C22H23ClN6O3. The molecule has 0 spiro atoms. The molecule has 0 bridgehead atoms. The maximum absolute atomic E-state index is 12.4. The predicted octanol–water partition coefficient (Wildman–Crippen LogP) is 4.36. The van der Waals surface area contributed by atoms with Gasteiger partial charge in [0.25, 0.3) is 0 Å². The van der Waals surface area contributed by atoms with Crippen LogP contribution in [0.15, 0.2) is 54.7 Å². The number of rotatable bonds is 6. The van der Waals surface area contributed by atoms with Gasteiger partial charge in [0.05, 0.1) is 37.9 Å².